The third-order valence-corrected chi connectivity index (χ3v) is 3.33. The maximum absolute atomic E-state index is 9.29. The van der Waals surface area contributed by atoms with Crippen molar-refractivity contribution in [3.63, 3.8) is 0 Å². The Morgan fingerprint density at radius 1 is 1.09 bits per heavy atom. The molecular weight excluding hydrogens is 168 g/mol. The average molecular weight is 178 g/mol. The summed E-state index contributed by atoms with van der Waals surface area (Å²) in [6, 6.07) is 0. The molecule has 0 unspecified atom stereocenters. The highest BCUT2D eigenvalue weighted by molar-refractivity contribution is 8.00. The fraction of sp³-hybridized carbons (Fsp3) is 1.00. The van der Waals surface area contributed by atoms with Crippen molar-refractivity contribution >= 4 is 11.8 Å². The van der Waals surface area contributed by atoms with Crippen LogP contribution in [0, 0.1) is 0 Å². The normalized spacial score (nSPS) is 56.5. The number of aliphatic hydroxyl groups excluding tert-OH is 3. The van der Waals surface area contributed by atoms with Gasteiger partial charge >= 0.3 is 0 Å². The molecule has 11 heavy (non-hydrogen) atoms. The molecule has 0 aliphatic carbocycles. The molecule has 2 heterocycles. The van der Waals surface area contributed by atoms with Gasteiger partial charge in [-0.3, -0.25) is 0 Å². The first kappa shape index (κ1) is 7.82. The summed E-state index contributed by atoms with van der Waals surface area (Å²) in [7, 11) is 0. The lowest BCUT2D eigenvalue weighted by Gasteiger charge is -2.33. The van der Waals surface area contributed by atoms with Gasteiger partial charge in [-0.05, 0) is 0 Å². The fourth-order valence-corrected chi connectivity index (χ4v) is 2.62. The van der Waals surface area contributed by atoms with Crippen molar-refractivity contribution < 1.29 is 20.1 Å². The third kappa shape index (κ3) is 1.08. The molecule has 2 saturated heterocycles. The maximum atomic E-state index is 9.29. The molecule has 2 rings (SSSR count). The number of rotatable bonds is 0. The molecule has 4 nitrogen and oxygen atoms in total. The van der Waals surface area contributed by atoms with E-state index in [1.807, 2.05) is 0 Å². The first-order chi connectivity index (χ1) is 5.20. The molecule has 0 amide bonds. The van der Waals surface area contributed by atoms with E-state index in [9.17, 15) is 15.3 Å². The van der Waals surface area contributed by atoms with Crippen LogP contribution in [0.1, 0.15) is 0 Å². The highest BCUT2D eigenvalue weighted by atomic mass is 32.2. The summed E-state index contributed by atoms with van der Waals surface area (Å²) < 4.78 is 5.20. The van der Waals surface area contributed by atoms with Gasteiger partial charge in [0.05, 0.1) is 6.10 Å². The molecule has 0 saturated carbocycles. The van der Waals surface area contributed by atoms with Gasteiger partial charge < -0.3 is 20.1 Å². The van der Waals surface area contributed by atoms with Gasteiger partial charge in [-0.1, -0.05) is 0 Å². The molecule has 2 bridgehead atoms. The lowest BCUT2D eigenvalue weighted by Crippen LogP contribution is -2.53. The number of thioether (sulfide) groups is 1. The number of hydrogen-bond acceptors (Lipinski definition) is 5. The Labute approximate surface area is 68.2 Å². The summed E-state index contributed by atoms with van der Waals surface area (Å²) in [6.07, 6.45) is -3.23. The lowest BCUT2D eigenvalue weighted by atomic mass is 10.0. The van der Waals surface area contributed by atoms with Gasteiger partial charge in [-0.15, -0.1) is 11.8 Å². The first-order valence-electron chi connectivity index (χ1n) is 3.51. The zero-order chi connectivity index (χ0) is 8.01. The van der Waals surface area contributed by atoms with Gasteiger partial charge in [0.15, 0.2) is 0 Å². The second-order valence-corrected chi connectivity index (χ2v) is 3.98. The Balaban J connectivity index is 2.16. The van der Waals surface area contributed by atoms with E-state index in [4.69, 9.17) is 4.74 Å². The number of aliphatic hydroxyl groups is 3. The van der Waals surface area contributed by atoms with Crippen LogP contribution in [0.25, 0.3) is 0 Å². The molecule has 2 aliphatic heterocycles. The molecule has 5 heteroatoms. The van der Waals surface area contributed by atoms with Gasteiger partial charge in [-0.2, -0.15) is 0 Å². The van der Waals surface area contributed by atoms with Crippen molar-refractivity contribution in [2.75, 3.05) is 5.75 Å². The fourth-order valence-electron chi connectivity index (χ4n) is 1.38. The molecule has 0 spiro atoms. The van der Waals surface area contributed by atoms with Crippen LogP contribution in [0.5, 0.6) is 0 Å². The van der Waals surface area contributed by atoms with Crippen molar-refractivity contribution in [1.29, 1.82) is 0 Å². The second kappa shape index (κ2) is 2.60. The molecule has 5 atom stereocenters. The van der Waals surface area contributed by atoms with E-state index in [1.54, 1.807) is 0 Å². The van der Waals surface area contributed by atoms with Crippen molar-refractivity contribution in [2.45, 2.75) is 29.9 Å². The van der Waals surface area contributed by atoms with Gasteiger partial charge in [0.2, 0.25) is 0 Å². The van der Waals surface area contributed by atoms with Crippen LogP contribution < -0.4 is 0 Å². The van der Waals surface area contributed by atoms with Crippen LogP contribution >= 0.6 is 11.8 Å². The van der Waals surface area contributed by atoms with E-state index in [-0.39, 0.29) is 11.5 Å². The summed E-state index contributed by atoms with van der Waals surface area (Å²) >= 11 is 1.44. The van der Waals surface area contributed by atoms with Crippen LogP contribution in [0.15, 0.2) is 0 Å². The molecule has 0 radical (unpaired) electrons. The smallest absolute Gasteiger partial charge is 0.132 e. The van der Waals surface area contributed by atoms with E-state index in [1.165, 1.54) is 11.8 Å². The molecule has 2 fully saturated rings. The lowest BCUT2D eigenvalue weighted by molar-refractivity contribution is -0.183. The molecule has 2 aliphatic rings. The van der Waals surface area contributed by atoms with Gasteiger partial charge in [0.25, 0.3) is 0 Å². The van der Waals surface area contributed by atoms with E-state index < -0.39 is 18.3 Å². The minimum atomic E-state index is -1.05. The topological polar surface area (TPSA) is 69.9 Å². The zero-order valence-corrected chi connectivity index (χ0v) is 6.57. The van der Waals surface area contributed by atoms with Crippen molar-refractivity contribution in [3.05, 3.63) is 0 Å². The molecule has 64 valence electrons. The Bertz CT molecular complexity index is 145. The summed E-state index contributed by atoms with van der Waals surface area (Å²) in [5.41, 5.74) is -0.349. The minimum Gasteiger partial charge on any atom is -0.388 e. The quantitative estimate of drug-likeness (QED) is 0.423. The van der Waals surface area contributed by atoms with E-state index >= 15 is 0 Å². The van der Waals surface area contributed by atoms with Crippen LogP contribution in [0.4, 0.5) is 0 Å². The summed E-state index contributed by atoms with van der Waals surface area (Å²) in [5, 5.41) is 27.8. The Morgan fingerprint density at radius 3 is 2.55 bits per heavy atom. The van der Waals surface area contributed by atoms with Crippen LogP contribution in [-0.2, 0) is 4.74 Å². The molecule has 0 aromatic heterocycles. The number of hydrogen-bond donors (Lipinski definition) is 3. The molecular formula is C6H10O4S. The van der Waals surface area contributed by atoms with Crippen molar-refractivity contribution in [1.82, 2.24) is 0 Å². The highest BCUT2D eigenvalue weighted by Crippen LogP contribution is 2.36. The van der Waals surface area contributed by atoms with Crippen molar-refractivity contribution in [2.24, 2.45) is 0 Å². The summed E-state index contributed by atoms with van der Waals surface area (Å²) in [5.74, 6) is 0.653. The van der Waals surface area contributed by atoms with Crippen LogP contribution in [0.3, 0.4) is 0 Å². The monoisotopic (exact) mass is 178 g/mol. The van der Waals surface area contributed by atoms with E-state index in [0.717, 1.165) is 0 Å². The van der Waals surface area contributed by atoms with Gasteiger partial charge in [0.1, 0.15) is 23.7 Å². The summed E-state index contributed by atoms with van der Waals surface area (Å²) in [4.78, 5) is 0. The van der Waals surface area contributed by atoms with Gasteiger partial charge in [0, 0.05) is 5.75 Å². The minimum absolute atomic E-state index is 0.302. The molecule has 0 aromatic carbocycles. The number of ether oxygens (including phenoxy) is 1. The second-order valence-electron chi connectivity index (χ2n) is 2.85. The van der Waals surface area contributed by atoms with Crippen LogP contribution in [0.2, 0.25) is 0 Å². The standard InChI is InChI=1S/C6H10O4S/c7-3-2-1-11-6(10-2)5(9)4(3)8/h2-9H,1H2/t2-,3+,4+,5-,6+/m0/s1. The third-order valence-electron chi connectivity index (χ3n) is 2.09. The number of fused-ring (bicyclic) bond motifs is 2. The predicted molar refractivity (Wildman–Crippen MR) is 39.1 cm³/mol. The average Bonchev–Trinajstić information content (AvgIpc) is 2.44. The Hall–Kier alpha value is 0.190. The van der Waals surface area contributed by atoms with Gasteiger partial charge in [-0.25, -0.2) is 0 Å². The molecule has 0 aromatic rings. The predicted octanol–water partition coefficient (Wildman–Crippen LogP) is -1.46. The van der Waals surface area contributed by atoms with E-state index in [0.29, 0.717) is 5.75 Å². The van der Waals surface area contributed by atoms with Crippen LogP contribution in [-0.4, -0.2) is 50.9 Å². The highest BCUT2D eigenvalue weighted by Gasteiger charge is 2.48. The van der Waals surface area contributed by atoms with E-state index in [2.05, 4.69) is 0 Å². The maximum Gasteiger partial charge on any atom is 0.132 e. The SMILES string of the molecule is O[C@@H]1[C@H](O)[C@@H]2CS[C@@H](O2)[C@H]1O. The Kier molecular flexibility index (Phi) is 1.85. The first-order valence-corrected chi connectivity index (χ1v) is 4.56. The largest absolute Gasteiger partial charge is 0.388 e. The zero-order valence-electron chi connectivity index (χ0n) is 5.75. The Morgan fingerprint density at radius 2 is 1.82 bits per heavy atom. The molecule has 3 N–H and O–H groups in total. The summed E-state index contributed by atoms with van der Waals surface area (Å²) in [6.45, 7) is 0. The van der Waals surface area contributed by atoms with Crippen molar-refractivity contribution in [3.8, 4) is 0 Å².